The Hall–Kier alpha value is -3.06. The van der Waals surface area contributed by atoms with Crippen molar-refractivity contribution in [3.05, 3.63) is 59.4 Å². The van der Waals surface area contributed by atoms with Gasteiger partial charge in [0, 0.05) is 18.5 Å². The highest BCUT2D eigenvalue weighted by Crippen LogP contribution is 2.49. The molecule has 1 N–H and O–H groups in total. The number of likely N-dealkylation sites (tertiary alicyclic amines) is 1. The molecule has 182 valence electrons. The van der Waals surface area contributed by atoms with Crippen LogP contribution in [0.5, 0.6) is 17.2 Å². The molecule has 0 radical (unpaired) electrons. The van der Waals surface area contributed by atoms with Gasteiger partial charge in [-0.25, -0.2) is 4.39 Å². The number of aliphatic hydroxyl groups is 1. The Morgan fingerprint density at radius 3 is 2.35 bits per heavy atom. The van der Waals surface area contributed by atoms with Gasteiger partial charge in [-0.1, -0.05) is 25.0 Å². The Morgan fingerprint density at radius 2 is 1.74 bits per heavy atom. The number of piperidine rings is 1. The Labute approximate surface area is 199 Å². The number of rotatable bonds is 6. The van der Waals surface area contributed by atoms with Crippen LogP contribution in [0.25, 0.3) is 6.08 Å². The van der Waals surface area contributed by atoms with E-state index in [1.165, 1.54) is 25.3 Å². The number of nitrogens with zero attached hydrogens (tertiary/aromatic N) is 1. The van der Waals surface area contributed by atoms with Crippen molar-refractivity contribution in [1.82, 2.24) is 4.90 Å². The maximum Gasteiger partial charge on any atom is 0.247 e. The fourth-order valence-electron chi connectivity index (χ4n) is 5.46. The van der Waals surface area contributed by atoms with Gasteiger partial charge in [0.25, 0.3) is 0 Å². The molecule has 0 spiro atoms. The highest BCUT2D eigenvalue weighted by molar-refractivity contribution is 5.92. The molecule has 1 heterocycles. The number of hydrogen-bond acceptors (Lipinski definition) is 5. The number of halogens is 1. The molecule has 4 rings (SSSR count). The van der Waals surface area contributed by atoms with Crippen molar-refractivity contribution in [2.24, 2.45) is 5.92 Å². The van der Waals surface area contributed by atoms with Crippen LogP contribution in [0.1, 0.15) is 49.3 Å². The fourth-order valence-corrected chi connectivity index (χ4v) is 5.46. The van der Waals surface area contributed by atoms with Gasteiger partial charge in [0.05, 0.1) is 33.0 Å². The first kappa shape index (κ1) is 24.1. The number of fused-ring (bicyclic) bond motifs is 1. The van der Waals surface area contributed by atoms with Crippen molar-refractivity contribution < 1.29 is 28.5 Å². The Bertz CT molecular complexity index is 1030. The molecule has 1 saturated carbocycles. The van der Waals surface area contributed by atoms with Gasteiger partial charge in [-0.15, -0.1) is 0 Å². The van der Waals surface area contributed by atoms with E-state index in [9.17, 15) is 14.3 Å². The van der Waals surface area contributed by atoms with E-state index >= 15 is 0 Å². The summed E-state index contributed by atoms with van der Waals surface area (Å²) in [5.74, 6) is 0.928. The summed E-state index contributed by atoms with van der Waals surface area (Å²) in [5, 5.41) is 11.4. The molecule has 1 aliphatic heterocycles. The van der Waals surface area contributed by atoms with E-state index in [0.29, 0.717) is 30.2 Å². The average molecular weight is 470 g/mol. The van der Waals surface area contributed by atoms with Gasteiger partial charge < -0.3 is 24.2 Å². The second-order valence-electron chi connectivity index (χ2n) is 9.03. The van der Waals surface area contributed by atoms with E-state index in [0.717, 1.165) is 36.8 Å². The van der Waals surface area contributed by atoms with Crippen LogP contribution in [0.3, 0.4) is 0 Å². The van der Waals surface area contributed by atoms with Gasteiger partial charge in [0.15, 0.2) is 11.5 Å². The first-order valence-corrected chi connectivity index (χ1v) is 11.7. The van der Waals surface area contributed by atoms with Gasteiger partial charge in [0.1, 0.15) is 5.82 Å². The largest absolute Gasteiger partial charge is 0.493 e. The quantitative estimate of drug-likeness (QED) is 0.618. The third-order valence-corrected chi connectivity index (χ3v) is 7.17. The minimum atomic E-state index is -0.797. The zero-order chi connectivity index (χ0) is 24.3. The summed E-state index contributed by atoms with van der Waals surface area (Å²) >= 11 is 0. The van der Waals surface area contributed by atoms with Crippen LogP contribution >= 0.6 is 0 Å². The number of ether oxygens (including phenoxy) is 3. The van der Waals surface area contributed by atoms with Crippen LogP contribution in [0.15, 0.2) is 42.5 Å². The lowest BCUT2D eigenvalue weighted by molar-refractivity contribution is -0.150. The standard InChI is InChI=1S/C27H32FNO5/c1-32-22-16-18(17-23(33-2)26(22)34-3)7-12-24(30)29-15-14-27(31)13-5-4-6-21(27)25(29)19-8-10-20(28)11-9-19/h7-12,16-17,21,25,31H,4-6,13-15H2,1-3H3/b12-7+/t21-,25-,27-/m0/s1. The third-order valence-electron chi connectivity index (χ3n) is 7.17. The Kier molecular flexibility index (Phi) is 7.12. The number of methoxy groups -OCH3 is 3. The molecule has 0 unspecified atom stereocenters. The van der Waals surface area contributed by atoms with Crippen LogP contribution < -0.4 is 14.2 Å². The van der Waals surface area contributed by atoms with E-state index in [2.05, 4.69) is 0 Å². The van der Waals surface area contributed by atoms with E-state index < -0.39 is 5.60 Å². The second kappa shape index (κ2) is 10.1. The summed E-state index contributed by atoms with van der Waals surface area (Å²) < 4.78 is 29.8. The van der Waals surface area contributed by atoms with Crippen molar-refractivity contribution in [2.45, 2.75) is 43.7 Å². The average Bonchev–Trinajstić information content (AvgIpc) is 2.86. The molecule has 1 saturated heterocycles. The fraction of sp³-hybridized carbons (Fsp3) is 0.444. The summed E-state index contributed by atoms with van der Waals surface area (Å²) in [4.78, 5) is 15.2. The lowest BCUT2D eigenvalue weighted by Gasteiger charge is -2.52. The molecule has 6 nitrogen and oxygen atoms in total. The van der Waals surface area contributed by atoms with E-state index in [-0.39, 0.29) is 23.7 Å². The van der Waals surface area contributed by atoms with Crippen LogP contribution in [0, 0.1) is 11.7 Å². The molecule has 1 amide bonds. The number of amides is 1. The maximum atomic E-state index is 13.6. The van der Waals surface area contributed by atoms with Gasteiger partial charge in [0.2, 0.25) is 11.7 Å². The molecule has 7 heteroatoms. The summed E-state index contributed by atoms with van der Waals surface area (Å²) in [6.07, 6.45) is 7.35. The monoisotopic (exact) mass is 469 g/mol. The molecular weight excluding hydrogens is 437 g/mol. The van der Waals surface area contributed by atoms with E-state index in [1.807, 2.05) is 4.90 Å². The van der Waals surface area contributed by atoms with Crippen molar-refractivity contribution in [3.8, 4) is 17.2 Å². The van der Waals surface area contributed by atoms with Gasteiger partial charge in [-0.05, 0) is 60.7 Å². The lowest BCUT2D eigenvalue weighted by atomic mass is 9.66. The molecule has 2 fully saturated rings. The molecule has 34 heavy (non-hydrogen) atoms. The number of hydrogen-bond donors (Lipinski definition) is 1. The molecule has 2 aromatic rings. The van der Waals surface area contributed by atoms with Crippen LogP contribution in [0.4, 0.5) is 4.39 Å². The van der Waals surface area contributed by atoms with Gasteiger partial charge in [-0.2, -0.15) is 0 Å². The smallest absolute Gasteiger partial charge is 0.247 e. The highest BCUT2D eigenvalue weighted by atomic mass is 19.1. The third kappa shape index (κ3) is 4.62. The first-order chi connectivity index (χ1) is 16.4. The number of carbonyl (C=O) groups excluding carboxylic acids is 1. The summed E-state index contributed by atoms with van der Waals surface area (Å²) in [7, 11) is 4.63. The van der Waals surface area contributed by atoms with Crippen LogP contribution in [0.2, 0.25) is 0 Å². The molecular formula is C27H32FNO5. The topological polar surface area (TPSA) is 68.2 Å². The summed E-state index contributed by atoms with van der Waals surface area (Å²) in [6, 6.07) is 9.53. The van der Waals surface area contributed by atoms with Crippen molar-refractivity contribution in [1.29, 1.82) is 0 Å². The molecule has 2 aromatic carbocycles. The SMILES string of the molecule is COc1cc(/C=C/C(=O)N2CC[C@@]3(O)CCCC[C@H]3[C@@H]2c2ccc(F)cc2)cc(OC)c1OC. The Balaban J connectivity index is 1.65. The van der Waals surface area contributed by atoms with Gasteiger partial charge in [-0.3, -0.25) is 4.79 Å². The summed E-state index contributed by atoms with van der Waals surface area (Å²) in [5.41, 5.74) is 0.780. The lowest BCUT2D eigenvalue weighted by Crippen LogP contribution is -2.56. The predicted molar refractivity (Wildman–Crippen MR) is 128 cm³/mol. The maximum absolute atomic E-state index is 13.6. The number of benzene rings is 2. The predicted octanol–water partition coefficient (Wildman–Crippen LogP) is 4.76. The van der Waals surface area contributed by atoms with E-state index in [4.69, 9.17) is 14.2 Å². The van der Waals surface area contributed by atoms with Crippen molar-refractivity contribution in [3.63, 3.8) is 0 Å². The molecule has 2 aliphatic rings. The molecule has 1 aliphatic carbocycles. The summed E-state index contributed by atoms with van der Waals surface area (Å²) in [6.45, 7) is 0.438. The first-order valence-electron chi connectivity index (χ1n) is 11.7. The second-order valence-corrected chi connectivity index (χ2v) is 9.03. The molecule has 0 aromatic heterocycles. The molecule has 0 bridgehead atoms. The number of carbonyl (C=O) groups is 1. The van der Waals surface area contributed by atoms with Crippen molar-refractivity contribution in [2.75, 3.05) is 27.9 Å². The van der Waals surface area contributed by atoms with Crippen molar-refractivity contribution >= 4 is 12.0 Å². The molecule has 3 atom stereocenters. The zero-order valence-corrected chi connectivity index (χ0v) is 19.9. The highest BCUT2D eigenvalue weighted by Gasteiger charge is 2.49. The van der Waals surface area contributed by atoms with Gasteiger partial charge >= 0.3 is 0 Å². The minimum absolute atomic E-state index is 0.0843. The Morgan fingerprint density at radius 1 is 1.06 bits per heavy atom. The normalized spacial score (nSPS) is 24.6. The minimum Gasteiger partial charge on any atom is -0.493 e. The van der Waals surface area contributed by atoms with Crippen LogP contribution in [-0.2, 0) is 4.79 Å². The van der Waals surface area contributed by atoms with Crippen LogP contribution in [-0.4, -0.2) is 49.4 Å². The van der Waals surface area contributed by atoms with E-state index in [1.54, 1.807) is 44.6 Å². The zero-order valence-electron chi connectivity index (χ0n) is 19.9.